The van der Waals surface area contributed by atoms with E-state index in [1.165, 1.54) is 12.1 Å². The number of benzene rings is 1. The minimum Gasteiger partial charge on any atom is -0.392 e. The molecule has 1 fully saturated rings. The Morgan fingerprint density at radius 1 is 1.50 bits per heavy atom. The molecular formula is C19H29FN2O4. The first kappa shape index (κ1) is 20.8. The summed E-state index contributed by atoms with van der Waals surface area (Å²) in [6, 6.07) is 5.98. The average molecular weight is 368 g/mol. The van der Waals surface area contributed by atoms with Gasteiger partial charge in [-0.25, -0.2) is 4.39 Å². The smallest absolute Gasteiger partial charge is 0.256 e. The third kappa shape index (κ3) is 6.02. The number of β-amino-alcohol motifs (C(OH)–C–C–N with tert-alkyl or cyclic N) is 1. The van der Waals surface area contributed by atoms with Crippen molar-refractivity contribution < 1.29 is 23.8 Å². The highest BCUT2D eigenvalue weighted by atomic mass is 19.1. The Balaban J connectivity index is 2.02. The molecule has 1 aromatic carbocycles. The van der Waals surface area contributed by atoms with Gasteiger partial charge in [-0.3, -0.25) is 9.69 Å². The minimum atomic E-state index is -0.530. The number of hydrogen-bond donors (Lipinski definition) is 1. The van der Waals surface area contributed by atoms with Gasteiger partial charge < -0.3 is 19.5 Å². The molecular weight excluding hydrogens is 339 g/mol. The normalized spacial score (nSPS) is 19.3. The fraction of sp³-hybridized carbons (Fsp3) is 0.632. The van der Waals surface area contributed by atoms with Crippen molar-refractivity contribution in [1.29, 1.82) is 0 Å². The molecule has 7 heteroatoms. The quantitative estimate of drug-likeness (QED) is 0.714. The highest BCUT2D eigenvalue weighted by Crippen LogP contribution is 2.13. The van der Waals surface area contributed by atoms with Crippen molar-refractivity contribution in [1.82, 2.24) is 9.80 Å². The second-order valence-corrected chi connectivity index (χ2v) is 6.54. The molecule has 0 saturated carbocycles. The van der Waals surface area contributed by atoms with Crippen LogP contribution in [0.4, 0.5) is 4.39 Å². The number of morpholine rings is 1. The summed E-state index contributed by atoms with van der Waals surface area (Å²) in [6.45, 7) is 5.56. The topological polar surface area (TPSA) is 62.2 Å². The molecule has 1 N–H and O–H groups in total. The molecule has 0 aromatic heterocycles. The SMILES string of the molecule is CC[C@@H](O)CN1CCO[C@H](CN(CCOC)C(=O)c2ccccc2F)C1. The molecule has 26 heavy (non-hydrogen) atoms. The number of hydrogen-bond acceptors (Lipinski definition) is 5. The Labute approximate surface area is 154 Å². The van der Waals surface area contributed by atoms with E-state index in [0.29, 0.717) is 45.8 Å². The maximum atomic E-state index is 14.0. The number of methoxy groups -OCH3 is 1. The van der Waals surface area contributed by atoms with Crippen molar-refractivity contribution in [3.8, 4) is 0 Å². The van der Waals surface area contributed by atoms with Gasteiger partial charge in [-0.05, 0) is 18.6 Å². The highest BCUT2D eigenvalue weighted by Gasteiger charge is 2.27. The molecule has 2 atom stereocenters. The van der Waals surface area contributed by atoms with Crippen molar-refractivity contribution in [2.45, 2.75) is 25.6 Å². The average Bonchev–Trinajstić information content (AvgIpc) is 2.65. The molecule has 6 nitrogen and oxygen atoms in total. The van der Waals surface area contributed by atoms with Crippen molar-refractivity contribution >= 4 is 5.91 Å². The van der Waals surface area contributed by atoms with E-state index in [9.17, 15) is 14.3 Å². The zero-order valence-electron chi connectivity index (χ0n) is 15.6. The zero-order valence-corrected chi connectivity index (χ0v) is 15.6. The van der Waals surface area contributed by atoms with Crippen LogP contribution in [0.2, 0.25) is 0 Å². The molecule has 1 aliphatic rings. The van der Waals surface area contributed by atoms with Crippen LogP contribution in [-0.2, 0) is 9.47 Å². The molecule has 1 heterocycles. The van der Waals surface area contributed by atoms with E-state index in [0.717, 1.165) is 6.54 Å². The summed E-state index contributed by atoms with van der Waals surface area (Å²) >= 11 is 0. The molecule has 0 aliphatic carbocycles. The summed E-state index contributed by atoms with van der Waals surface area (Å²) < 4.78 is 24.9. The standard InChI is InChI=1S/C19H29FN2O4/c1-3-15(23)12-21-8-11-26-16(13-21)14-22(9-10-25-2)19(24)17-6-4-5-7-18(17)20/h4-7,15-16,23H,3,8-14H2,1-2H3/t15-,16+/m1/s1. The number of nitrogens with zero attached hydrogens (tertiary/aromatic N) is 2. The van der Waals surface area contributed by atoms with E-state index >= 15 is 0 Å². The Kier molecular flexibility index (Phi) is 8.44. The van der Waals surface area contributed by atoms with E-state index in [4.69, 9.17) is 9.47 Å². The Bertz CT molecular complexity index is 572. The first-order valence-electron chi connectivity index (χ1n) is 9.09. The van der Waals surface area contributed by atoms with Crippen LogP contribution in [0.15, 0.2) is 24.3 Å². The molecule has 0 bridgehead atoms. The fourth-order valence-electron chi connectivity index (χ4n) is 3.01. The molecule has 1 saturated heterocycles. The largest absolute Gasteiger partial charge is 0.392 e. The molecule has 0 unspecified atom stereocenters. The third-order valence-electron chi connectivity index (χ3n) is 4.54. The van der Waals surface area contributed by atoms with Gasteiger partial charge in [0.05, 0.1) is 31.0 Å². The van der Waals surface area contributed by atoms with E-state index in [1.807, 2.05) is 6.92 Å². The van der Waals surface area contributed by atoms with Crippen LogP contribution in [0.3, 0.4) is 0 Å². The van der Waals surface area contributed by atoms with Crippen LogP contribution in [0.25, 0.3) is 0 Å². The highest BCUT2D eigenvalue weighted by molar-refractivity contribution is 5.94. The number of aliphatic hydroxyl groups is 1. The van der Waals surface area contributed by atoms with Gasteiger partial charge in [0.25, 0.3) is 5.91 Å². The van der Waals surface area contributed by atoms with Gasteiger partial charge >= 0.3 is 0 Å². The molecule has 0 spiro atoms. The molecule has 1 aliphatic heterocycles. The Morgan fingerprint density at radius 2 is 2.27 bits per heavy atom. The van der Waals surface area contributed by atoms with E-state index in [-0.39, 0.29) is 23.7 Å². The lowest BCUT2D eigenvalue weighted by molar-refractivity contribution is -0.0518. The molecule has 146 valence electrons. The fourth-order valence-corrected chi connectivity index (χ4v) is 3.01. The maximum absolute atomic E-state index is 14.0. The van der Waals surface area contributed by atoms with Gasteiger partial charge in [0.15, 0.2) is 0 Å². The summed E-state index contributed by atoms with van der Waals surface area (Å²) in [6.07, 6.45) is 0.159. The van der Waals surface area contributed by atoms with Crippen LogP contribution in [0.1, 0.15) is 23.7 Å². The lowest BCUT2D eigenvalue weighted by Crippen LogP contribution is -2.50. The number of aliphatic hydroxyl groups excluding tert-OH is 1. The van der Waals surface area contributed by atoms with Gasteiger partial charge in [-0.15, -0.1) is 0 Å². The molecule has 1 amide bonds. The second kappa shape index (κ2) is 10.6. The van der Waals surface area contributed by atoms with Gasteiger partial charge in [0.1, 0.15) is 5.82 Å². The number of halogens is 1. The van der Waals surface area contributed by atoms with Gasteiger partial charge in [-0.1, -0.05) is 19.1 Å². The Hall–Kier alpha value is -1.54. The number of carbonyl (C=O) groups excluding carboxylic acids is 1. The summed E-state index contributed by atoms with van der Waals surface area (Å²) in [5, 5.41) is 9.86. The maximum Gasteiger partial charge on any atom is 0.256 e. The minimum absolute atomic E-state index is 0.0534. The lowest BCUT2D eigenvalue weighted by atomic mass is 10.1. The molecule has 1 aromatic rings. The summed E-state index contributed by atoms with van der Waals surface area (Å²) in [4.78, 5) is 16.5. The van der Waals surface area contributed by atoms with Gasteiger partial charge in [0, 0.05) is 39.8 Å². The van der Waals surface area contributed by atoms with Crippen LogP contribution >= 0.6 is 0 Å². The predicted molar refractivity (Wildman–Crippen MR) is 96.7 cm³/mol. The van der Waals surface area contributed by atoms with Crippen molar-refractivity contribution in [2.24, 2.45) is 0 Å². The van der Waals surface area contributed by atoms with Crippen LogP contribution in [0.5, 0.6) is 0 Å². The summed E-state index contributed by atoms with van der Waals surface area (Å²) in [5.74, 6) is -0.897. The zero-order chi connectivity index (χ0) is 18.9. The van der Waals surface area contributed by atoms with Crippen LogP contribution in [-0.4, -0.2) is 86.1 Å². The number of rotatable bonds is 9. The van der Waals surface area contributed by atoms with Gasteiger partial charge in [-0.2, -0.15) is 0 Å². The van der Waals surface area contributed by atoms with Crippen LogP contribution < -0.4 is 0 Å². The van der Waals surface area contributed by atoms with E-state index < -0.39 is 5.82 Å². The molecule has 2 rings (SSSR count). The Morgan fingerprint density at radius 3 is 2.96 bits per heavy atom. The summed E-state index contributed by atoms with van der Waals surface area (Å²) in [7, 11) is 1.57. The number of carbonyl (C=O) groups is 1. The van der Waals surface area contributed by atoms with E-state index in [1.54, 1.807) is 24.1 Å². The summed E-state index contributed by atoms with van der Waals surface area (Å²) in [5.41, 5.74) is 0.0534. The number of amides is 1. The first-order valence-corrected chi connectivity index (χ1v) is 9.09. The monoisotopic (exact) mass is 368 g/mol. The van der Waals surface area contributed by atoms with Crippen molar-refractivity contribution in [3.05, 3.63) is 35.6 Å². The first-order chi connectivity index (χ1) is 12.5. The van der Waals surface area contributed by atoms with Crippen LogP contribution in [0, 0.1) is 5.82 Å². The molecule has 0 radical (unpaired) electrons. The van der Waals surface area contributed by atoms with Crippen molar-refractivity contribution in [3.63, 3.8) is 0 Å². The van der Waals surface area contributed by atoms with Gasteiger partial charge in [0.2, 0.25) is 0 Å². The third-order valence-corrected chi connectivity index (χ3v) is 4.54. The van der Waals surface area contributed by atoms with Crippen molar-refractivity contribution in [2.75, 3.05) is 53.0 Å². The lowest BCUT2D eigenvalue weighted by Gasteiger charge is -2.36. The predicted octanol–water partition coefficient (Wildman–Crippen LogP) is 1.39. The van der Waals surface area contributed by atoms with E-state index in [2.05, 4.69) is 4.90 Å². The number of ether oxygens (including phenoxy) is 2. The second-order valence-electron chi connectivity index (χ2n) is 6.54.